The van der Waals surface area contributed by atoms with E-state index in [4.69, 9.17) is 4.74 Å². The highest BCUT2D eigenvalue weighted by atomic mass is 16.5. The third-order valence-corrected chi connectivity index (χ3v) is 3.84. The molecule has 1 atom stereocenters. The standard InChI is InChI=1S/C13H16N2O2/c1-17-9-2-3-10-11(6-9)14-5-4-13(10)7-12(16)15-8-13/h2-3,6,14H,4-5,7-8H2,1H3,(H,15,16). The van der Waals surface area contributed by atoms with E-state index in [0.29, 0.717) is 6.42 Å². The molecule has 2 aliphatic heterocycles. The van der Waals surface area contributed by atoms with Crippen LogP contribution < -0.4 is 15.4 Å². The van der Waals surface area contributed by atoms with Gasteiger partial charge >= 0.3 is 0 Å². The van der Waals surface area contributed by atoms with Crippen LogP contribution in [0.2, 0.25) is 0 Å². The summed E-state index contributed by atoms with van der Waals surface area (Å²) >= 11 is 0. The number of benzene rings is 1. The zero-order chi connectivity index (χ0) is 11.9. The number of fused-ring (bicyclic) bond motifs is 2. The molecule has 4 heteroatoms. The van der Waals surface area contributed by atoms with Crippen LogP contribution in [0.5, 0.6) is 5.75 Å². The number of anilines is 1. The molecule has 1 saturated heterocycles. The third kappa shape index (κ3) is 1.55. The molecule has 3 rings (SSSR count). The molecule has 1 aromatic rings. The van der Waals surface area contributed by atoms with E-state index in [-0.39, 0.29) is 11.3 Å². The van der Waals surface area contributed by atoms with Crippen LogP contribution in [0.1, 0.15) is 18.4 Å². The summed E-state index contributed by atoms with van der Waals surface area (Å²) in [6, 6.07) is 6.07. The highest BCUT2D eigenvalue weighted by Crippen LogP contribution is 2.42. The number of nitrogens with one attached hydrogen (secondary N) is 2. The highest BCUT2D eigenvalue weighted by molar-refractivity contribution is 5.82. The van der Waals surface area contributed by atoms with Gasteiger partial charge < -0.3 is 15.4 Å². The van der Waals surface area contributed by atoms with Crippen LogP contribution in [0.25, 0.3) is 0 Å². The fourth-order valence-electron chi connectivity index (χ4n) is 2.90. The molecule has 1 spiro atoms. The van der Waals surface area contributed by atoms with Crippen molar-refractivity contribution >= 4 is 11.6 Å². The number of ether oxygens (including phenoxy) is 1. The van der Waals surface area contributed by atoms with Crippen molar-refractivity contribution in [2.45, 2.75) is 18.3 Å². The normalized spacial score (nSPS) is 26.3. The van der Waals surface area contributed by atoms with Crippen LogP contribution in [0.3, 0.4) is 0 Å². The van der Waals surface area contributed by atoms with Gasteiger partial charge in [0.2, 0.25) is 5.91 Å². The molecule has 1 unspecified atom stereocenters. The van der Waals surface area contributed by atoms with Crippen molar-refractivity contribution in [3.05, 3.63) is 23.8 Å². The van der Waals surface area contributed by atoms with Crippen molar-refractivity contribution in [1.29, 1.82) is 0 Å². The zero-order valence-corrected chi connectivity index (χ0v) is 9.88. The lowest BCUT2D eigenvalue weighted by molar-refractivity contribution is -0.119. The summed E-state index contributed by atoms with van der Waals surface area (Å²) in [6.45, 7) is 1.67. The van der Waals surface area contributed by atoms with Gasteiger partial charge in [0.25, 0.3) is 0 Å². The molecule has 1 amide bonds. The minimum absolute atomic E-state index is 0.00998. The van der Waals surface area contributed by atoms with Crippen molar-refractivity contribution in [3.8, 4) is 5.75 Å². The van der Waals surface area contributed by atoms with Crippen LogP contribution in [0, 0.1) is 0 Å². The number of carbonyl (C=O) groups excluding carboxylic acids is 1. The summed E-state index contributed by atoms with van der Waals surface area (Å²) in [6.07, 6.45) is 1.61. The van der Waals surface area contributed by atoms with Gasteiger partial charge in [0.15, 0.2) is 0 Å². The quantitative estimate of drug-likeness (QED) is 0.766. The van der Waals surface area contributed by atoms with Gasteiger partial charge in [-0.25, -0.2) is 0 Å². The van der Waals surface area contributed by atoms with Crippen molar-refractivity contribution in [2.24, 2.45) is 0 Å². The maximum Gasteiger partial charge on any atom is 0.220 e. The van der Waals surface area contributed by atoms with E-state index in [1.165, 1.54) is 5.56 Å². The minimum atomic E-state index is -0.00998. The average Bonchev–Trinajstić information content (AvgIpc) is 2.71. The van der Waals surface area contributed by atoms with E-state index in [1.54, 1.807) is 7.11 Å². The molecule has 2 N–H and O–H groups in total. The Morgan fingerprint density at radius 3 is 2.94 bits per heavy atom. The van der Waals surface area contributed by atoms with Gasteiger partial charge in [0.05, 0.1) is 7.11 Å². The van der Waals surface area contributed by atoms with E-state index < -0.39 is 0 Å². The van der Waals surface area contributed by atoms with Gasteiger partial charge in [-0.05, 0) is 18.1 Å². The monoisotopic (exact) mass is 232 g/mol. The topological polar surface area (TPSA) is 50.4 Å². The first kappa shape index (κ1) is 10.4. The van der Waals surface area contributed by atoms with Gasteiger partial charge in [0, 0.05) is 36.7 Å². The lowest BCUT2D eigenvalue weighted by atomic mass is 9.74. The van der Waals surface area contributed by atoms with E-state index in [2.05, 4.69) is 16.7 Å². The molecule has 0 bridgehead atoms. The number of hydrogen-bond acceptors (Lipinski definition) is 3. The lowest BCUT2D eigenvalue weighted by Gasteiger charge is -2.35. The molecule has 1 aromatic carbocycles. The van der Waals surface area contributed by atoms with E-state index >= 15 is 0 Å². The summed E-state index contributed by atoms with van der Waals surface area (Å²) < 4.78 is 5.23. The van der Waals surface area contributed by atoms with Crippen LogP contribution in [0.15, 0.2) is 18.2 Å². The number of hydrogen-bond donors (Lipinski definition) is 2. The maximum absolute atomic E-state index is 11.5. The molecule has 90 valence electrons. The summed E-state index contributed by atoms with van der Waals surface area (Å²) in [4.78, 5) is 11.5. The number of amides is 1. The smallest absolute Gasteiger partial charge is 0.220 e. The molecule has 0 saturated carbocycles. The Hall–Kier alpha value is -1.71. The van der Waals surface area contributed by atoms with Crippen molar-refractivity contribution < 1.29 is 9.53 Å². The van der Waals surface area contributed by atoms with Gasteiger partial charge in [-0.3, -0.25) is 4.79 Å². The second-order valence-electron chi connectivity index (χ2n) is 4.82. The van der Waals surface area contributed by atoms with E-state index in [0.717, 1.165) is 30.9 Å². The molecular formula is C13H16N2O2. The van der Waals surface area contributed by atoms with Crippen LogP contribution in [0.4, 0.5) is 5.69 Å². The van der Waals surface area contributed by atoms with Gasteiger partial charge in [0.1, 0.15) is 5.75 Å². The number of methoxy groups -OCH3 is 1. The van der Waals surface area contributed by atoms with Crippen molar-refractivity contribution in [3.63, 3.8) is 0 Å². The fourth-order valence-corrected chi connectivity index (χ4v) is 2.90. The Kier molecular flexibility index (Phi) is 2.24. The molecule has 17 heavy (non-hydrogen) atoms. The predicted molar refractivity (Wildman–Crippen MR) is 65.4 cm³/mol. The lowest BCUT2D eigenvalue weighted by Crippen LogP contribution is -2.35. The average molecular weight is 232 g/mol. The molecule has 0 aromatic heterocycles. The number of carbonyl (C=O) groups is 1. The predicted octanol–water partition coefficient (Wildman–Crippen LogP) is 1.27. The highest BCUT2D eigenvalue weighted by Gasteiger charge is 2.42. The van der Waals surface area contributed by atoms with Crippen molar-refractivity contribution in [2.75, 3.05) is 25.5 Å². The fraction of sp³-hybridized carbons (Fsp3) is 0.462. The molecule has 2 aliphatic rings. The Labute approximate surface area is 100 Å². The molecule has 0 aliphatic carbocycles. The van der Waals surface area contributed by atoms with Gasteiger partial charge in [-0.2, -0.15) is 0 Å². The molecule has 4 nitrogen and oxygen atoms in total. The second-order valence-corrected chi connectivity index (χ2v) is 4.82. The summed E-state index contributed by atoms with van der Waals surface area (Å²) in [7, 11) is 1.67. The van der Waals surface area contributed by atoms with Crippen LogP contribution in [-0.2, 0) is 10.2 Å². The molecule has 1 fully saturated rings. The summed E-state index contributed by atoms with van der Waals surface area (Å²) in [5.41, 5.74) is 2.33. The first-order chi connectivity index (χ1) is 8.23. The maximum atomic E-state index is 11.5. The zero-order valence-electron chi connectivity index (χ0n) is 9.88. The first-order valence-corrected chi connectivity index (χ1v) is 5.93. The minimum Gasteiger partial charge on any atom is -0.497 e. The number of rotatable bonds is 1. The molecular weight excluding hydrogens is 216 g/mol. The van der Waals surface area contributed by atoms with E-state index in [1.807, 2.05) is 12.1 Å². The van der Waals surface area contributed by atoms with E-state index in [9.17, 15) is 4.79 Å². The first-order valence-electron chi connectivity index (χ1n) is 5.93. The van der Waals surface area contributed by atoms with Crippen LogP contribution in [-0.4, -0.2) is 26.1 Å². The Balaban J connectivity index is 2.05. The third-order valence-electron chi connectivity index (χ3n) is 3.84. The SMILES string of the molecule is COc1ccc2c(c1)NCCC21CNC(=O)C1. The van der Waals surface area contributed by atoms with Crippen molar-refractivity contribution in [1.82, 2.24) is 5.32 Å². The largest absolute Gasteiger partial charge is 0.497 e. The second kappa shape index (κ2) is 3.65. The Bertz CT molecular complexity index is 472. The summed E-state index contributed by atoms with van der Waals surface area (Å²) in [5.74, 6) is 1.01. The molecule has 0 radical (unpaired) electrons. The van der Waals surface area contributed by atoms with Gasteiger partial charge in [-0.15, -0.1) is 0 Å². The Morgan fingerprint density at radius 1 is 1.35 bits per heavy atom. The summed E-state index contributed by atoms with van der Waals surface area (Å²) in [5, 5.41) is 6.34. The van der Waals surface area contributed by atoms with Crippen LogP contribution >= 0.6 is 0 Å². The Morgan fingerprint density at radius 2 is 2.24 bits per heavy atom. The molecule has 2 heterocycles. The van der Waals surface area contributed by atoms with Gasteiger partial charge in [-0.1, -0.05) is 6.07 Å².